The molecule has 1 aromatic carbocycles. The van der Waals surface area contributed by atoms with Gasteiger partial charge in [0.1, 0.15) is 12.4 Å². The number of rotatable bonds is 4. The van der Waals surface area contributed by atoms with Gasteiger partial charge in [-0.15, -0.1) is 0 Å². The number of aromatic amines is 1. The maximum Gasteiger partial charge on any atom is 0.234 e. The summed E-state index contributed by atoms with van der Waals surface area (Å²) in [7, 11) is 0. The lowest BCUT2D eigenvalue weighted by molar-refractivity contribution is -0.113. The summed E-state index contributed by atoms with van der Waals surface area (Å²) in [5.74, 6) is 0.897. The molecule has 2 heterocycles. The summed E-state index contributed by atoms with van der Waals surface area (Å²) in [4.78, 5) is 15.8. The van der Waals surface area contributed by atoms with Crippen molar-refractivity contribution in [3.05, 3.63) is 24.0 Å². The molecule has 9 heteroatoms. The number of thioether (sulfide) groups is 1. The average molecular weight is 303 g/mol. The van der Waals surface area contributed by atoms with E-state index in [1.165, 1.54) is 18.1 Å². The largest absolute Gasteiger partial charge is 0.454 e. The predicted octanol–water partition coefficient (Wildman–Crippen LogP) is 1.14. The third-order valence-corrected chi connectivity index (χ3v) is 3.52. The van der Waals surface area contributed by atoms with Gasteiger partial charge < -0.3 is 14.8 Å². The highest BCUT2D eigenvalue weighted by Crippen LogP contribution is 2.36. The second-order valence-electron chi connectivity index (χ2n) is 3.99. The number of hydrogen-bond donors (Lipinski definition) is 2. The van der Waals surface area contributed by atoms with Crippen molar-refractivity contribution in [3.8, 4) is 17.6 Å². The van der Waals surface area contributed by atoms with Gasteiger partial charge in [-0.25, -0.2) is 4.98 Å². The normalized spacial score (nSPS) is 12.0. The number of aromatic nitrogens is 3. The summed E-state index contributed by atoms with van der Waals surface area (Å²) in [6, 6.07) is 5.14. The van der Waals surface area contributed by atoms with E-state index in [9.17, 15) is 4.79 Å². The minimum Gasteiger partial charge on any atom is -0.454 e. The Labute approximate surface area is 123 Å². The zero-order valence-electron chi connectivity index (χ0n) is 10.6. The van der Waals surface area contributed by atoms with Gasteiger partial charge in [-0.3, -0.25) is 9.89 Å². The van der Waals surface area contributed by atoms with Crippen LogP contribution in [0.3, 0.4) is 0 Å². The van der Waals surface area contributed by atoms with E-state index in [0.717, 1.165) is 0 Å². The zero-order valence-corrected chi connectivity index (χ0v) is 11.4. The number of ether oxygens (including phenoxy) is 2. The molecule has 106 valence electrons. The fourth-order valence-electron chi connectivity index (χ4n) is 1.72. The van der Waals surface area contributed by atoms with E-state index >= 15 is 0 Å². The molecule has 0 aliphatic carbocycles. The molecule has 0 fully saturated rings. The Bertz CT molecular complexity index is 710. The molecule has 21 heavy (non-hydrogen) atoms. The first-order valence-electron chi connectivity index (χ1n) is 5.88. The van der Waals surface area contributed by atoms with Gasteiger partial charge in [0.25, 0.3) is 0 Å². The molecule has 0 radical (unpaired) electrons. The first-order valence-corrected chi connectivity index (χ1v) is 6.86. The minimum absolute atomic E-state index is 0.110. The molecule has 0 saturated heterocycles. The van der Waals surface area contributed by atoms with Crippen LogP contribution in [0, 0.1) is 11.3 Å². The quantitative estimate of drug-likeness (QED) is 0.814. The van der Waals surface area contributed by atoms with E-state index < -0.39 is 0 Å². The van der Waals surface area contributed by atoms with Crippen LogP contribution < -0.4 is 14.8 Å². The average Bonchev–Trinajstić information content (AvgIpc) is 3.15. The SMILES string of the molecule is N#Cc1cc2c(cc1NC(=O)CSc1ncn[nH]1)OCO2. The summed E-state index contributed by atoms with van der Waals surface area (Å²) >= 11 is 1.21. The van der Waals surface area contributed by atoms with Gasteiger partial charge in [0.15, 0.2) is 16.7 Å². The number of nitrogens with zero attached hydrogens (tertiary/aromatic N) is 3. The first kappa shape index (κ1) is 13.3. The summed E-state index contributed by atoms with van der Waals surface area (Å²) in [5, 5.41) is 18.7. The van der Waals surface area contributed by atoms with Crippen LogP contribution in [0.25, 0.3) is 0 Å². The number of anilines is 1. The predicted molar refractivity (Wildman–Crippen MR) is 73.0 cm³/mol. The molecule has 1 aromatic heterocycles. The fourth-order valence-corrected chi connectivity index (χ4v) is 2.30. The molecule has 2 aromatic rings. The second-order valence-corrected chi connectivity index (χ2v) is 4.95. The number of nitrogens with one attached hydrogen (secondary N) is 2. The van der Waals surface area contributed by atoms with Crippen molar-refractivity contribution in [2.45, 2.75) is 5.16 Å². The molecular weight excluding hydrogens is 294 g/mol. The fraction of sp³-hybridized carbons (Fsp3) is 0.167. The van der Waals surface area contributed by atoms with E-state index in [1.54, 1.807) is 12.1 Å². The van der Waals surface area contributed by atoms with Crippen LogP contribution in [0.15, 0.2) is 23.6 Å². The Kier molecular flexibility index (Phi) is 3.61. The number of nitriles is 1. The third-order valence-electron chi connectivity index (χ3n) is 2.64. The molecule has 1 aliphatic heterocycles. The van der Waals surface area contributed by atoms with Gasteiger partial charge in [0.2, 0.25) is 12.7 Å². The minimum atomic E-state index is -0.258. The van der Waals surface area contributed by atoms with Crippen LogP contribution in [0.5, 0.6) is 11.5 Å². The molecule has 0 bridgehead atoms. The first-order chi connectivity index (χ1) is 10.3. The zero-order chi connectivity index (χ0) is 14.7. The Morgan fingerprint density at radius 2 is 2.29 bits per heavy atom. The second kappa shape index (κ2) is 5.72. The van der Waals surface area contributed by atoms with Crippen LogP contribution in [0.2, 0.25) is 0 Å². The summed E-state index contributed by atoms with van der Waals surface area (Å²) < 4.78 is 10.4. The lowest BCUT2D eigenvalue weighted by Gasteiger charge is -2.07. The van der Waals surface area contributed by atoms with Crippen LogP contribution in [-0.2, 0) is 4.79 Å². The molecule has 3 rings (SSSR count). The van der Waals surface area contributed by atoms with E-state index in [-0.39, 0.29) is 18.5 Å². The van der Waals surface area contributed by atoms with Crippen molar-refractivity contribution in [2.75, 3.05) is 17.9 Å². The smallest absolute Gasteiger partial charge is 0.234 e. The van der Waals surface area contributed by atoms with Gasteiger partial charge in [0.05, 0.1) is 17.0 Å². The van der Waals surface area contributed by atoms with Gasteiger partial charge in [-0.1, -0.05) is 11.8 Å². The van der Waals surface area contributed by atoms with E-state index in [2.05, 4.69) is 20.5 Å². The molecule has 0 spiro atoms. The Balaban J connectivity index is 1.69. The van der Waals surface area contributed by atoms with Gasteiger partial charge in [-0.2, -0.15) is 10.4 Å². The lowest BCUT2D eigenvalue weighted by atomic mass is 10.1. The van der Waals surface area contributed by atoms with E-state index in [4.69, 9.17) is 14.7 Å². The maximum atomic E-state index is 11.9. The molecule has 1 aliphatic rings. The highest BCUT2D eigenvalue weighted by molar-refractivity contribution is 7.99. The summed E-state index contributed by atoms with van der Waals surface area (Å²) in [6.07, 6.45) is 1.37. The van der Waals surface area contributed by atoms with Crippen LogP contribution in [0.1, 0.15) is 5.56 Å². The van der Waals surface area contributed by atoms with Crippen molar-refractivity contribution in [2.24, 2.45) is 0 Å². The van der Waals surface area contributed by atoms with Gasteiger partial charge in [0, 0.05) is 12.1 Å². The van der Waals surface area contributed by atoms with Crippen molar-refractivity contribution >= 4 is 23.4 Å². The number of carbonyl (C=O) groups excluding carboxylic acids is 1. The molecule has 8 nitrogen and oxygen atoms in total. The molecule has 0 saturated carbocycles. The van der Waals surface area contributed by atoms with Crippen LogP contribution >= 0.6 is 11.8 Å². The number of hydrogen-bond acceptors (Lipinski definition) is 7. The van der Waals surface area contributed by atoms with E-state index in [1.807, 2.05) is 6.07 Å². The van der Waals surface area contributed by atoms with Crippen LogP contribution in [-0.4, -0.2) is 33.6 Å². The van der Waals surface area contributed by atoms with Crippen LogP contribution in [0.4, 0.5) is 5.69 Å². The van der Waals surface area contributed by atoms with E-state index in [0.29, 0.717) is 27.9 Å². The summed E-state index contributed by atoms with van der Waals surface area (Å²) in [6.45, 7) is 0.110. The Morgan fingerprint density at radius 1 is 1.48 bits per heavy atom. The van der Waals surface area contributed by atoms with Crippen molar-refractivity contribution < 1.29 is 14.3 Å². The highest BCUT2D eigenvalue weighted by Gasteiger charge is 2.18. The number of H-pyrrole nitrogens is 1. The van der Waals surface area contributed by atoms with Crippen molar-refractivity contribution in [3.63, 3.8) is 0 Å². The Morgan fingerprint density at radius 3 is 3.00 bits per heavy atom. The topological polar surface area (TPSA) is 113 Å². The Hall–Kier alpha value is -2.73. The van der Waals surface area contributed by atoms with Crippen molar-refractivity contribution in [1.82, 2.24) is 15.2 Å². The highest BCUT2D eigenvalue weighted by atomic mass is 32.2. The lowest BCUT2D eigenvalue weighted by Crippen LogP contribution is -2.15. The van der Waals surface area contributed by atoms with Gasteiger partial charge >= 0.3 is 0 Å². The number of carbonyl (C=O) groups is 1. The maximum absolute atomic E-state index is 11.9. The monoisotopic (exact) mass is 303 g/mol. The summed E-state index contributed by atoms with van der Waals surface area (Å²) in [5.41, 5.74) is 0.710. The molecule has 0 atom stereocenters. The standard InChI is InChI=1S/C12H9N5O3S/c13-3-7-1-9-10(20-6-19-9)2-8(7)16-11(18)4-21-12-14-5-15-17-12/h1-2,5H,4,6H2,(H,16,18)(H,14,15,17). The number of fused-ring (bicyclic) bond motifs is 1. The molecule has 2 N–H and O–H groups in total. The number of benzene rings is 1. The molecular formula is C12H9N5O3S. The number of amides is 1. The molecule has 0 unspecified atom stereocenters. The van der Waals surface area contributed by atoms with Crippen molar-refractivity contribution in [1.29, 1.82) is 5.26 Å². The van der Waals surface area contributed by atoms with Gasteiger partial charge in [-0.05, 0) is 0 Å². The molecule has 1 amide bonds. The third kappa shape index (κ3) is 2.90.